The number of nitro groups is 1. The standard InChI is InChI=1S/C33H26N4O7S/c1-19-29(31(38)35-21-9-5-4-6-10-21)30(20-8-7-11-23(16-20)42-2)36-32(39)28(45-33(36)34-19)18-24-13-15-26(44-24)25-14-12-22(37(40)41)17-27(25)43-3/h4-18,30H,1-3H3,(H,35,38)/b28-18-. The fourth-order valence-corrected chi connectivity index (χ4v) is 6.19. The van der Waals surface area contributed by atoms with Crippen molar-refractivity contribution in [3.8, 4) is 22.8 Å². The van der Waals surface area contributed by atoms with E-state index in [1.807, 2.05) is 30.3 Å². The van der Waals surface area contributed by atoms with Gasteiger partial charge in [-0.1, -0.05) is 41.7 Å². The van der Waals surface area contributed by atoms with Crippen LogP contribution in [0.2, 0.25) is 0 Å². The van der Waals surface area contributed by atoms with Crippen molar-refractivity contribution in [2.24, 2.45) is 4.99 Å². The average Bonchev–Trinajstić information content (AvgIpc) is 3.64. The monoisotopic (exact) mass is 622 g/mol. The van der Waals surface area contributed by atoms with E-state index in [0.717, 1.165) is 0 Å². The topological polar surface area (TPSA) is 138 Å². The van der Waals surface area contributed by atoms with Crippen LogP contribution >= 0.6 is 11.3 Å². The zero-order valence-corrected chi connectivity index (χ0v) is 25.2. The minimum absolute atomic E-state index is 0.110. The van der Waals surface area contributed by atoms with Crippen molar-refractivity contribution in [1.29, 1.82) is 0 Å². The summed E-state index contributed by atoms with van der Waals surface area (Å²) in [6.07, 6.45) is 1.61. The number of hydrogen-bond donors (Lipinski definition) is 1. The molecule has 0 fully saturated rings. The van der Waals surface area contributed by atoms with E-state index in [1.165, 1.54) is 35.1 Å². The van der Waals surface area contributed by atoms with E-state index in [1.54, 1.807) is 62.6 Å². The highest BCUT2D eigenvalue weighted by Crippen LogP contribution is 2.35. The summed E-state index contributed by atoms with van der Waals surface area (Å²) in [5.41, 5.74) is 2.16. The second-order valence-corrected chi connectivity index (χ2v) is 11.0. The fourth-order valence-electron chi connectivity index (χ4n) is 5.16. The van der Waals surface area contributed by atoms with Gasteiger partial charge in [0, 0.05) is 17.8 Å². The second kappa shape index (κ2) is 12.1. The van der Waals surface area contributed by atoms with E-state index in [2.05, 4.69) is 10.3 Å². The third-order valence-corrected chi connectivity index (χ3v) is 8.25. The van der Waals surface area contributed by atoms with Gasteiger partial charge in [0.2, 0.25) is 0 Å². The number of rotatable bonds is 8. The molecule has 3 heterocycles. The number of carbonyl (C=O) groups is 1. The van der Waals surface area contributed by atoms with Gasteiger partial charge in [-0.25, -0.2) is 4.99 Å². The molecule has 1 unspecified atom stereocenters. The molecule has 1 atom stereocenters. The van der Waals surface area contributed by atoms with Gasteiger partial charge in [-0.05, 0) is 55.0 Å². The van der Waals surface area contributed by atoms with E-state index in [0.29, 0.717) is 54.7 Å². The molecule has 5 aromatic rings. The molecular weight excluding hydrogens is 596 g/mol. The molecule has 0 saturated carbocycles. The number of nitrogens with one attached hydrogen (secondary N) is 1. The number of furan rings is 1. The van der Waals surface area contributed by atoms with E-state index < -0.39 is 11.0 Å². The summed E-state index contributed by atoms with van der Waals surface area (Å²) in [6.45, 7) is 1.75. The largest absolute Gasteiger partial charge is 0.497 e. The van der Waals surface area contributed by atoms with Gasteiger partial charge < -0.3 is 19.2 Å². The summed E-state index contributed by atoms with van der Waals surface area (Å²) in [6, 6.07) is 23.2. The molecule has 0 radical (unpaired) electrons. The summed E-state index contributed by atoms with van der Waals surface area (Å²) in [5.74, 6) is 1.27. The quantitative estimate of drug-likeness (QED) is 0.189. The minimum atomic E-state index is -0.779. The van der Waals surface area contributed by atoms with Crippen LogP contribution in [-0.2, 0) is 4.79 Å². The summed E-state index contributed by atoms with van der Waals surface area (Å²) < 4.78 is 18.7. The van der Waals surface area contributed by atoms with Gasteiger partial charge in [0.1, 0.15) is 23.0 Å². The molecule has 1 aliphatic heterocycles. The van der Waals surface area contributed by atoms with Crippen molar-refractivity contribution in [3.63, 3.8) is 0 Å². The van der Waals surface area contributed by atoms with Crippen molar-refractivity contribution in [2.75, 3.05) is 19.5 Å². The van der Waals surface area contributed by atoms with E-state index in [9.17, 15) is 19.7 Å². The van der Waals surface area contributed by atoms with Crippen LogP contribution in [0.1, 0.15) is 24.3 Å². The normalized spacial score (nSPS) is 14.5. The number of fused-ring (bicyclic) bond motifs is 1. The summed E-state index contributed by atoms with van der Waals surface area (Å²) in [7, 11) is 2.97. The number of ether oxygens (including phenoxy) is 2. The molecule has 226 valence electrons. The molecule has 1 N–H and O–H groups in total. The zero-order chi connectivity index (χ0) is 31.7. The van der Waals surface area contributed by atoms with Crippen molar-refractivity contribution < 1.29 is 23.6 Å². The Hall–Kier alpha value is -5.75. The van der Waals surface area contributed by atoms with Crippen molar-refractivity contribution in [2.45, 2.75) is 13.0 Å². The summed E-state index contributed by atoms with van der Waals surface area (Å²) in [4.78, 5) is 43.6. The molecule has 0 aliphatic carbocycles. The Morgan fingerprint density at radius 3 is 2.58 bits per heavy atom. The number of non-ortho nitro benzene ring substituents is 1. The molecule has 3 aromatic carbocycles. The number of nitro benzene ring substituents is 1. The highest BCUT2D eigenvalue weighted by molar-refractivity contribution is 7.07. The number of methoxy groups -OCH3 is 2. The molecule has 1 amide bonds. The third kappa shape index (κ3) is 5.66. The predicted octanol–water partition coefficient (Wildman–Crippen LogP) is 5.06. The van der Waals surface area contributed by atoms with Crippen LogP contribution in [0.25, 0.3) is 17.4 Å². The summed E-state index contributed by atoms with van der Waals surface area (Å²) >= 11 is 1.18. The maximum absolute atomic E-state index is 14.0. The minimum Gasteiger partial charge on any atom is -0.497 e. The number of benzene rings is 3. The van der Waals surface area contributed by atoms with E-state index in [-0.39, 0.29) is 22.9 Å². The van der Waals surface area contributed by atoms with Crippen molar-refractivity contribution in [3.05, 3.63) is 137 Å². The Balaban J connectivity index is 1.44. The average molecular weight is 623 g/mol. The molecular formula is C33H26N4O7S. The van der Waals surface area contributed by atoms with E-state index in [4.69, 9.17) is 13.9 Å². The van der Waals surface area contributed by atoms with Gasteiger partial charge in [0.15, 0.2) is 4.80 Å². The summed E-state index contributed by atoms with van der Waals surface area (Å²) in [5, 5.41) is 14.1. The van der Waals surface area contributed by atoms with Crippen LogP contribution in [0.15, 0.2) is 110 Å². The van der Waals surface area contributed by atoms with Crippen LogP contribution in [0.3, 0.4) is 0 Å². The fraction of sp³-hybridized carbons (Fsp3) is 0.121. The highest BCUT2D eigenvalue weighted by Gasteiger charge is 2.33. The number of nitrogens with zero attached hydrogens (tertiary/aromatic N) is 3. The lowest BCUT2D eigenvalue weighted by atomic mass is 9.95. The van der Waals surface area contributed by atoms with Crippen LogP contribution < -0.4 is 29.7 Å². The maximum atomic E-state index is 14.0. The van der Waals surface area contributed by atoms with Crippen molar-refractivity contribution in [1.82, 2.24) is 4.57 Å². The number of allylic oxidation sites excluding steroid dienone is 1. The molecule has 6 rings (SSSR count). The van der Waals surface area contributed by atoms with Crippen LogP contribution in [0.4, 0.5) is 11.4 Å². The first-order valence-corrected chi connectivity index (χ1v) is 14.5. The lowest BCUT2D eigenvalue weighted by Gasteiger charge is -2.25. The number of hydrogen-bond acceptors (Lipinski definition) is 9. The van der Waals surface area contributed by atoms with Gasteiger partial charge in [-0.2, -0.15) is 0 Å². The smallest absolute Gasteiger partial charge is 0.273 e. The van der Waals surface area contributed by atoms with E-state index >= 15 is 0 Å². The molecule has 11 nitrogen and oxygen atoms in total. The predicted molar refractivity (Wildman–Crippen MR) is 169 cm³/mol. The van der Waals surface area contributed by atoms with Crippen molar-refractivity contribution >= 4 is 34.7 Å². The molecule has 2 aromatic heterocycles. The molecule has 0 saturated heterocycles. The number of anilines is 1. The first-order valence-electron chi connectivity index (χ1n) is 13.7. The lowest BCUT2D eigenvalue weighted by Crippen LogP contribution is -2.40. The Bertz CT molecular complexity index is 2160. The Kier molecular flexibility index (Phi) is 7.88. The van der Waals surface area contributed by atoms with Gasteiger partial charge in [0.25, 0.3) is 17.2 Å². The molecule has 0 spiro atoms. The second-order valence-electron chi connectivity index (χ2n) is 10.0. The van der Waals surface area contributed by atoms with Crippen LogP contribution in [0, 0.1) is 10.1 Å². The Labute approximate surface area is 260 Å². The number of thiazole rings is 1. The Morgan fingerprint density at radius 1 is 1.04 bits per heavy atom. The zero-order valence-electron chi connectivity index (χ0n) is 24.3. The molecule has 0 bridgehead atoms. The van der Waals surface area contributed by atoms with Crippen LogP contribution in [0.5, 0.6) is 11.5 Å². The van der Waals surface area contributed by atoms with Gasteiger partial charge in [-0.15, -0.1) is 0 Å². The molecule has 12 heteroatoms. The number of carbonyl (C=O) groups excluding carboxylic acids is 1. The first kappa shape index (κ1) is 29.3. The maximum Gasteiger partial charge on any atom is 0.273 e. The molecule has 45 heavy (non-hydrogen) atoms. The molecule has 1 aliphatic rings. The van der Waals surface area contributed by atoms with Crippen LogP contribution in [-0.4, -0.2) is 29.6 Å². The SMILES string of the molecule is COc1cccc(C2C(C(=O)Nc3ccccc3)=C(C)N=c3s/c(=C\c4ccc(-c5ccc([N+](=O)[O-])cc5OC)o4)c(=O)n32)c1. The first-order chi connectivity index (χ1) is 21.8. The highest BCUT2D eigenvalue weighted by atomic mass is 32.1. The van der Waals surface area contributed by atoms with Gasteiger partial charge in [-0.3, -0.25) is 24.3 Å². The lowest BCUT2D eigenvalue weighted by molar-refractivity contribution is -0.384. The van der Waals surface area contributed by atoms with Gasteiger partial charge in [0.05, 0.1) is 52.6 Å². The Morgan fingerprint density at radius 2 is 1.84 bits per heavy atom. The number of amides is 1. The number of para-hydroxylation sites is 1. The third-order valence-electron chi connectivity index (χ3n) is 7.27. The van der Waals surface area contributed by atoms with Gasteiger partial charge >= 0.3 is 0 Å². The number of aromatic nitrogens is 1.